The van der Waals surface area contributed by atoms with Gasteiger partial charge in [0.2, 0.25) is 0 Å². The monoisotopic (exact) mass is 241 g/mol. The molecule has 1 N–H and O–H groups in total. The first kappa shape index (κ1) is 15.9. The zero-order valence-electron chi connectivity index (χ0n) is 10.9. The summed E-state index contributed by atoms with van der Waals surface area (Å²) in [6, 6.07) is 2.08. The highest BCUT2D eigenvalue weighted by atomic mass is 16.4. The molecule has 0 aromatic carbocycles. The van der Waals surface area contributed by atoms with Gasteiger partial charge in [0, 0.05) is 13.1 Å². The first-order valence-corrected chi connectivity index (χ1v) is 6.17. The molecule has 0 amide bonds. The summed E-state index contributed by atoms with van der Waals surface area (Å²) in [5, 5.41) is 17.3. The van der Waals surface area contributed by atoms with E-state index in [4.69, 9.17) is 10.4 Å². The molecule has 0 fully saturated rings. The van der Waals surface area contributed by atoms with E-state index >= 15 is 0 Å². The van der Waals surface area contributed by atoms with E-state index in [0.29, 0.717) is 13.1 Å². The van der Waals surface area contributed by atoms with Gasteiger partial charge in [0.05, 0.1) is 19.0 Å². The molecule has 5 heteroatoms. The molecule has 0 aromatic rings. The number of rotatable bonds is 10. The summed E-state index contributed by atoms with van der Waals surface area (Å²) in [5.74, 6) is -0.809. The van der Waals surface area contributed by atoms with Gasteiger partial charge in [-0.15, -0.1) is 0 Å². The number of carboxylic acid groups (broad SMARTS) is 1. The maximum absolute atomic E-state index is 10.5. The lowest BCUT2D eigenvalue weighted by Gasteiger charge is -2.21. The fraction of sp³-hybridized carbons (Fsp3) is 0.833. The number of nitriles is 1. The number of carbonyl (C=O) groups is 1. The number of carboxylic acids is 1. The number of hydrogen-bond donors (Lipinski definition) is 1. The second-order valence-electron chi connectivity index (χ2n) is 3.96. The molecule has 0 atom stereocenters. The quantitative estimate of drug-likeness (QED) is 0.578. The molecule has 0 spiro atoms. The Balaban J connectivity index is 3.84. The summed E-state index contributed by atoms with van der Waals surface area (Å²) < 4.78 is 0. The summed E-state index contributed by atoms with van der Waals surface area (Å²) in [6.45, 7) is 8.88. The third-order valence-corrected chi connectivity index (χ3v) is 2.78. The van der Waals surface area contributed by atoms with Gasteiger partial charge in [-0.2, -0.15) is 5.26 Å². The Hall–Kier alpha value is -1.12. The minimum Gasteiger partial charge on any atom is -0.481 e. The van der Waals surface area contributed by atoms with Gasteiger partial charge in [-0.25, -0.2) is 0 Å². The second kappa shape index (κ2) is 10.1. The van der Waals surface area contributed by atoms with E-state index in [1.54, 1.807) is 0 Å². The Morgan fingerprint density at radius 2 is 1.76 bits per heavy atom. The first-order valence-electron chi connectivity index (χ1n) is 6.17. The van der Waals surface area contributed by atoms with E-state index in [2.05, 4.69) is 24.8 Å². The highest BCUT2D eigenvalue weighted by Gasteiger charge is 2.07. The van der Waals surface area contributed by atoms with Crippen LogP contribution < -0.4 is 0 Å². The summed E-state index contributed by atoms with van der Waals surface area (Å²) >= 11 is 0. The molecule has 5 nitrogen and oxygen atoms in total. The predicted molar refractivity (Wildman–Crippen MR) is 66.7 cm³/mol. The Labute approximate surface area is 104 Å². The average molecular weight is 241 g/mol. The Bertz CT molecular complexity index is 247. The van der Waals surface area contributed by atoms with Crippen LogP contribution >= 0.6 is 0 Å². The van der Waals surface area contributed by atoms with Crippen LogP contribution in [0.4, 0.5) is 0 Å². The van der Waals surface area contributed by atoms with Gasteiger partial charge in [0.25, 0.3) is 0 Å². The fourth-order valence-corrected chi connectivity index (χ4v) is 1.68. The normalized spacial score (nSPS) is 10.8. The van der Waals surface area contributed by atoms with Crippen molar-refractivity contribution in [2.75, 3.05) is 39.3 Å². The largest absolute Gasteiger partial charge is 0.481 e. The van der Waals surface area contributed by atoms with Gasteiger partial charge in [0.15, 0.2) is 0 Å². The highest BCUT2D eigenvalue weighted by molar-refractivity contribution is 5.66. The van der Waals surface area contributed by atoms with Crippen molar-refractivity contribution in [1.82, 2.24) is 9.80 Å². The summed E-state index contributed by atoms with van der Waals surface area (Å²) in [7, 11) is 0. The van der Waals surface area contributed by atoms with Gasteiger partial charge in [0.1, 0.15) is 0 Å². The van der Waals surface area contributed by atoms with Crippen molar-refractivity contribution in [2.45, 2.75) is 26.7 Å². The van der Waals surface area contributed by atoms with Crippen molar-refractivity contribution < 1.29 is 9.90 Å². The van der Waals surface area contributed by atoms with E-state index in [-0.39, 0.29) is 6.42 Å². The van der Waals surface area contributed by atoms with Crippen molar-refractivity contribution in [3.05, 3.63) is 0 Å². The lowest BCUT2D eigenvalue weighted by molar-refractivity contribution is -0.137. The molecule has 0 aliphatic heterocycles. The molecule has 98 valence electrons. The van der Waals surface area contributed by atoms with Crippen LogP contribution in [0.1, 0.15) is 26.7 Å². The zero-order valence-corrected chi connectivity index (χ0v) is 10.9. The lowest BCUT2D eigenvalue weighted by Crippen LogP contribution is -2.31. The van der Waals surface area contributed by atoms with Gasteiger partial charge in [-0.1, -0.05) is 13.8 Å². The number of hydrogen-bond acceptors (Lipinski definition) is 4. The molecule has 0 radical (unpaired) electrons. The van der Waals surface area contributed by atoms with Gasteiger partial charge in [-0.05, 0) is 26.1 Å². The molecule has 0 unspecified atom stereocenters. The molecule has 0 aliphatic rings. The number of aliphatic carboxylic acids is 1. The Morgan fingerprint density at radius 3 is 2.24 bits per heavy atom. The standard InChI is InChI=1S/C12H23N3O2/c1-3-14(4-2)8-5-9-15(11-7-13)10-6-12(16)17/h3-6,8-11H2,1-2H3,(H,16,17). The highest BCUT2D eigenvalue weighted by Crippen LogP contribution is 1.97. The van der Waals surface area contributed by atoms with Crippen molar-refractivity contribution >= 4 is 5.97 Å². The maximum atomic E-state index is 10.5. The molecular formula is C12H23N3O2. The van der Waals surface area contributed by atoms with E-state index in [1.165, 1.54) is 0 Å². The van der Waals surface area contributed by atoms with Crippen molar-refractivity contribution in [2.24, 2.45) is 0 Å². The van der Waals surface area contributed by atoms with Crippen molar-refractivity contribution in [3.63, 3.8) is 0 Å². The Morgan fingerprint density at radius 1 is 1.18 bits per heavy atom. The van der Waals surface area contributed by atoms with Crippen LogP contribution in [0, 0.1) is 11.3 Å². The van der Waals surface area contributed by atoms with E-state index in [1.807, 2.05) is 4.90 Å². The number of nitrogens with zero attached hydrogens (tertiary/aromatic N) is 3. The molecular weight excluding hydrogens is 218 g/mol. The topological polar surface area (TPSA) is 67.6 Å². The van der Waals surface area contributed by atoms with E-state index in [0.717, 1.165) is 32.6 Å². The van der Waals surface area contributed by atoms with Crippen molar-refractivity contribution in [1.29, 1.82) is 5.26 Å². The molecule has 0 rings (SSSR count). The molecule has 0 heterocycles. The molecule has 0 saturated carbocycles. The molecule has 0 aromatic heterocycles. The van der Waals surface area contributed by atoms with Crippen LogP contribution in [0.3, 0.4) is 0 Å². The smallest absolute Gasteiger partial charge is 0.304 e. The second-order valence-corrected chi connectivity index (χ2v) is 3.96. The predicted octanol–water partition coefficient (Wildman–Crippen LogP) is 1.02. The van der Waals surface area contributed by atoms with Crippen LogP contribution in [0.25, 0.3) is 0 Å². The van der Waals surface area contributed by atoms with Crippen LogP contribution in [-0.4, -0.2) is 60.1 Å². The maximum Gasteiger partial charge on any atom is 0.304 e. The molecule has 0 saturated heterocycles. The third-order valence-electron chi connectivity index (χ3n) is 2.78. The van der Waals surface area contributed by atoms with Crippen LogP contribution in [0.15, 0.2) is 0 Å². The Kier molecular flexibility index (Phi) is 9.40. The fourth-order valence-electron chi connectivity index (χ4n) is 1.68. The van der Waals surface area contributed by atoms with Crippen LogP contribution in [-0.2, 0) is 4.79 Å². The first-order chi connectivity index (χ1) is 8.13. The molecule has 0 bridgehead atoms. The van der Waals surface area contributed by atoms with E-state index in [9.17, 15) is 4.79 Å². The van der Waals surface area contributed by atoms with Gasteiger partial charge >= 0.3 is 5.97 Å². The zero-order chi connectivity index (χ0) is 13.1. The van der Waals surface area contributed by atoms with Gasteiger partial charge in [-0.3, -0.25) is 9.69 Å². The van der Waals surface area contributed by atoms with Crippen LogP contribution in [0.5, 0.6) is 0 Å². The summed E-state index contributed by atoms with van der Waals surface area (Å²) in [4.78, 5) is 14.7. The minimum absolute atomic E-state index is 0.104. The minimum atomic E-state index is -0.809. The third kappa shape index (κ3) is 8.66. The average Bonchev–Trinajstić information content (AvgIpc) is 2.31. The summed E-state index contributed by atoms with van der Waals surface area (Å²) in [6.07, 6.45) is 1.08. The van der Waals surface area contributed by atoms with Crippen molar-refractivity contribution in [3.8, 4) is 6.07 Å². The molecule has 0 aliphatic carbocycles. The lowest BCUT2D eigenvalue weighted by atomic mass is 10.3. The van der Waals surface area contributed by atoms with Crippen LogP contribution in [0.2, 0.25) is 0 Å². The van der Waals surface area contributed by atoms with E-state index < -0.39 is 5.97 Å². The van der Waals surface area contributed by atoms with Gasteiger partial charge < -0.3 is 10.0 Å². The summed E-state index contributed by atoms with van der Waals surface area (Å²) in [5.41, 5.74) is 0. The SMILES string of the molecule is CCN(CC)CCCN(CC#N)CCC(=O)O. The molecule has 17 heavy (non-hydrogen) atoms.